The second kappa shape index (κ2) is 9.96. The Bertz CT molecular complexity index is 1190. The zero-order valence-corrected chi connectivity index (χ0v) is 19.6. The van der Waals surface area contributed by atoms with Gasteiger partial charge in [-0.2, -0.15) is 0 Å². The minimum absolute atomic E-state index is 0.381. The van der Waals surface area contributed by atoms with Crippen LogP contribution in [0.1, 0.15) is 18.1 Å². The van der Waals surface area contributed by atoms with Crippen LogP contribution in [0.3, 0.4) is 0 Å². The van der Waals surface area contributed by atoms with Gasteiger partial charge in [0.25, 0.3) is 5.91 Å². The Morgan fingerprint density at radius 2 is 1.85 bits per heavy atom. The van der Waals surface area contributed by atoms with Gasteiger partial charge in [0.15, 0.2) is 0 Å². The number of ether oxygens (including phenoxy) is 1. The van der Waals surface area contributed by atoms with Crippen molar-refractivity contribution in [1.29, 1.82) is 0 Å². The van der Waals surface area contributed by atoms with Crippen LogP contribution in [0.5, 0.6) is 5.75 Å². The Hall–Kier alpha value is -3.85. The number of benzene rings is 2. The van der Waals surface area contributed by atoms with E-state index in [4.69, 9.17) is 4.74 Å². The van der Waals surface area contributed by atoms with Crippen LogP contribution in [0.2, 0.25) is 0 Å². The maximum absolute atomic E-state index is 13.0. The van der Waals surface area contributed by atoms with E-state index < -0.39 is 23.4 Å². The standard InChI is InChI=1S/C25H24N4O4S/c1-25(18-5-9-20(33-2)10-6-18)23(31)29(24(32)28-25)15-22(30)27-19-7-11-21(12-8-19)34-16-17-4-3-13-26-14-17/h3-14H,15-16H2,1-2H3,(H,27,30)(H,28,32). The van der Waals surface area contributed by atoms with Crippen molar-refractivity contribution in [2.75, 3.05) is 19.0 Å². The average molecular weight is 477 g/mol. The highest BCUT2D eigenvalue weighted by molar-refractivity contribution is 7.98. The van der Waals surface area contributed by atoms with Crippen LogP contribution in [-0.2, 0) is 20.9 Å². The van der Waals surface area contributed by atoms with Crippen molar-refractivity contribution in [1.82, 2.24) is 15.2 Å². The van der Waals surface area contributed by atoms with Crippen molar-refractivity contribution in [2.24, 2.45) is 0 Å². The Morgan fingerprint density at radius 1 is 1.12 bits per heavy atom. The van der Waals surface area contributed by atoms with Crippen LogP contribution in [0.15, 0.2) is 78.0 Å². The molecule has 1 saturated heterocycles. The molecule has 0 spiro atoms. The summed E-state index contributed by atoms with van der Waals surface area (Å²) in [7, 11) is 1.55. The fraction of sp³-hybridized carbons (Fsp3) is 0.200. The molecular formula is C25H24N4O4S. The van der Waals surface area contributed by atoms with Crippen molar-refractivity contribution in [3.8, 4) is 5.75 Å². The van der Waals surface area contributed by atoms with Gasteiger partial charge in [-0.3, -0.25) is 19.5 Å². The van der Waals surface area contributed by atoms with Crippen molar-refractivity contribution in [3.05, 3.63) is 84.2 Å². The van der Waals surface area contributed by atoms with Gasteiger partial charge in [-0.25, -0.2) is 4.79 Å². The number of carbonyl (C=O) groups is 3. The number of amides is 4. The molecule has 1 aromatic heterocycles. The molecule has 9 heteroatoms. The Morgan fingerprint density at radius 3 is 2.50 bits per heavy atom. The first-order valence-electron chi connectivity index (χ1n) is 10.6. The molecule has 1 atom stereocenters. The molecule has 1 aliphatic heterocycles. The van der Waals surface area contributed by atoms with Crippen molar-refractivity contribution < 1.29 is 19.1 Å². The van der Waals surface area contributed by atoms with Crippen molar-refractivity contribution >= 4 is 35.3 Å². The molecule has 2 heterocycles. The third-order valence-corrected chi connectivity index (χ3v) is 6.59. The molecule has 4 rings (SSSR count). The number of nitrogens with one attached hydrogen (secondary N) is 2. The second-order valence-electron chi connectivity index (χ2n) is 7.90. The van der Waals surface area contributed by atoms with Gasteiger partial charge in [-0.1, -0.05) is 18.2 Å². The van der Waals surface area contributed by atoms with E-state index in [9.17, 15) is 14.4 Å². The third-order valence-electron chi connectivity index (χ3n) is 5.51. The molecule has 0 aliphatic carbocycles. The molecular weight excluding hydrogens is 452 g/mol. The summed E-state index contributed by atoms with van der Waals surface area (Å²) in [4.78, 5) is 44.2. The second-order valence-corrected chi connectivity index (χ2v) is 8.95. The molecule has 174 valence electrons. The van der Waals surface area contributed by atoms with E-state index in [2.05, 4.69) is 15.6 Å². The largest absolute Gasteiger partial charge is 0.497 e. The summed E-state index contributed by atoms with van der Waals surface area (Å²) in [6.07, 6.45) is 3.57. The molecule has 1 fully saturated rings. The number of hydrogen-bond donors (Lipinski definition) is 2. The van der Waals surface area contributed by atoms with E-state index in [0.717, 1.165) is 21.1 Å². The van der Waals surface area contributed by atoms with E-state index in [-0.39, 0.29) is 6.54 Å². The lowest BCUT2D eigenvalue weighted by atomic mass is 9.92. The van der Waals surface area contributed by atoms with Crippen LogP contribution in [0, 0.1) is 0 Å². The number of methoxy groups -OCH3 is 1. The van der Waals surface area contributed by atoms with E-state index in [0.29, 0.717) is 17.0 Å². The number of hydrogen-bond acceptors (Lipinski definition) is 6. The van der Waals surface area contributed by atoms with Crippen LogP contribution in [-0.4, -0.2) is 41.4 Å². The minimum Gasteiger partial charge on any atom is -0.497 e. The molecule has 3 aromatic rings. The van der Waals surface area contributed by atoms with Crippen LogP contribution in [0.4, 0.5) is 10.5 Å². The van der Waals surface area contributed by atoms with Gasteiger partial charge in [0.05, 0.1) is 7.11 Å². The molecule has 34 heavy (non-hydrogen) atoms. The third kappa shape index (κ3) is 5.04. The first kappa shape index (κ1) is 23.3. The summed E-state index contributed by atoms with van der Waals surface area (Å²) in [5.74, 6) is 0.485. The maximum Gasteiger partial charge on any atom is 0.325 e. The molecule has 1 unspecified atom stereocenters. The van der Waals surface area contributed by atoms with Gasteiger partial charge in [0.2, 0.25) is 5.91 Å². The van der Waals surface area contributed by atoms with Crippen molar-refractivity contribution in [3.63, 3.8) is 0 Å². The number of imide groups is 1. The number of rotatable bonds is 8. The molecule has 0 bridgehead atoms. The number of carbonyl (C=O) groups excluding carboxylic acids is 3. The van der Waals surface area contributed by atoms with Crippen molar-refractivity contribution in [2.45, 2.75) is 23.1 Å². The SMILES string of the molecule is COc1ccc(C2(C)NC(=O)N(CC(=O)Nc3ccc(SCc4cccnc4)cc3)C2=O)cc1. The first-order valence-corrected chi connectivity index (χ1v) is 11.6. The highest BCUT2D eigenvalue weighted by Gasteiger charge is 2.49. The predicted molar refractivity (Wildman–Crippen MR) is 129 cm³/mol. The van der Waals surface area contributed by atoms with Crippen LogP contribution < -0.4 is 15.4 Å². The smallest absolute Gasteiger partial charge is 0.325 e. The van der Waals surface area contributed by atoms with Gasteiger partial charge >= 0.3 is 6.03 Å². The summed E-state index contributed by atoms with van der Waals surface area (Å²) in [6, 6.07) is 17.6. The zero-order valence-electron chi connectivity index (χ0n) is 18.8. The predicted octanol–water partition coefficient (Wildman–Crippen LogP) is 3.79. The molecule has 2 N–H and O–H groups in total. The van der Waals surface area contributed by atoms with E-state index in [1.807, 2.05) is 30.5 Å². The van der Waals surface area contributed by atoms with E-state index in [1.54, 1.807) is 68.4 Å². The quantitative estimate of drug-likeness (QED) is 0.379. The molecule has 4 amide bonds. The highest BCUT2D eigenvalue weighted by Crippen LogP contribution is 2.30. The fourth-order valence-electron chi connectivity index (χ4n) is 3.59. The summed E-state index contributed by atoms with van der Waals surface area (Å²) >= 11 is 1.66. The first-order chi connectivity index (χ1) is 16.4. The molecule has 8 nitrogen and oxygen atoms in total. The zero-order chi connectivity index (χ0) is 24.1. The van der Waals surface area contributed by atoms with Crippen LogP contribution >= 0.6 is 11.8 Å². The van der Waals surface area contributed by atoms with Gasteiger partial charge in [0, 0.05) is 28.7 Å². The summed E-state index contributed by atoms with van der Waals surface area (Å²) in [5, 5.41) is 5.44. The molecule has 0 saturated carbocycles. The molecule has 2 aromatic carbocycles. The van der Waals surface area contributed by atoms with Gasteiger partial charge in [-0.15, -0.1) is 11.8 Å². The number of urea groups is 1. The monoisotopic (exact) mass is 476 g/mol. The average Bonchev–Trinajstić information content (AvgIpc) is 3.08. The molecule has 1 aliphatic rings. The summed E-state index contributed by atoms with van der Waals surface area (Å²) in [6.45, 7) is 1.24. The molecule has 0 radical (unpaired) electrons. The summed E-state index contributed by atoms with van der Waals surface area (Å²) < 4.78 is 5.14. The highest BCUT2D eigenvalue weighted by atomic mass is 32.2. The van der Waals surface area contributed by atoms with Crippen LogP contribution in [0.25, 0.3) is 0 Å². The Balaban J connectivity index is 1.35. The Labute approximate surface area is 201 Å². The number of thioether (sulfide) groups is 1. The number of aromatic nitrogens is 1. The van der Waals surface area contributed by atoms with E-state index in [1.165, 1.54) is 0 Å². The lowest BCUT2D eigenvalue weighted by Crippen LogP contribution is -2.42. The summed E-state index contributed by atoms with van der Waals surface area (Å²) in [5.41, 5.74) is 1.06. The van der Waals surface area contributed by atoms with E-state index >= 15 is 0 Å². The number of pyridine rings is 1. The van der Waals surface area contributed by atoms with Gasteiger partial charge in [0.1, 0.15) is 17.8 Å². The topological polar surface area (TPSA) is 101 Å². The minimum atomic E-state index is -1.25. The lowest BCUT2D eigenvalue weighted by Gasteiger charge is -2.22. The Kier molecular flexibility index (Phi) is 6.83. The number of nitrogens with zero attached hydrogens (tertiary/aromatic N) is 2. The maximum atomic E-state index is 13.0. The van der Waals surface area contributed by atoms with Gasteiger partial charge in [-0.05, 0) is 60.5 Å². The number of anilines is 1. The normalized spacial score (nSPS) is 17.4. The lowest BCUT2D eigenvalue weighted by molar-refractivity contribution is -0.133. The fourth-order valence-corrected chi connectivity index (χ4v) is 4.42. The van der Waals surface area contributed by atoms with Gasteiger partial charge < -0.3 is 15.4 Å².